The van der Waals surface area contributed by atoms with E-state index in [0.717, 1.165) is 37.1 Å². The summed E-state index contributed by atoms with van der Waals surface area (Å²) in [6.07, 6.45) is 6.47. The Morgan fingerprint density at radius 3 is 2.58 bits per heavy atom. The molecule has 24 heavy (non-hydrogen) atoms. The van der Waals surface area contributed by atoms with E-state index < -0.39 is 0 Å². The van der Waals surface area contributed by atoms with Crippen molar-refractivity contribution >= 4 is 5.91 Å². The number of fused-ring (bicyclic) bond motifs is 2. The van der Waals surface area contributed by atoms with Crippen LogP contribution in [-0.2, 0) is 11.2 Å². The van der Waals surface area contributed by atoms with Crippen LogP contribution in [0.15, 0.2) is 24.3 Å². The number of amides is 1. The maximum atomic E-state index is 12.9. The number of methoxy groups -OCH3 is 1. The normalized spacial score (nSPS) is 29.1. The lowest BCUT2D eigenvalue weighted by Crippen LogP contribution is -2.49. The van der Waals surface area contributed by atoms with Crippen molar-refractivity contribution in [3.63, 3.8) is 0 Å². The molecule has 0 saturated heterocycles. The van der Waals surface area contributed by atoms with E-state index in [-0.39, 0.29) is 5.92 Å². The second kappa shape index (κ2) is 7.56. The van der Waals surface area contributed by atoms with E-state index >= 15 is 0 Å². The fourth-order valence-electron chi connectivity index (χ4n) is 4.61. The molecule has 0 spiro atoms. The van der Waals surface area contributed by atoms with E-state index in [4.69, 9.17) is 10.5 Å². The summed E-state index contributed by atoms with van der Waals surface area (Å²) in [6.45, 7) is 0.733. The van der Waals surface area contributed by atoms with Gasteiger partial charge in [0.2, 0.25) is 5.91 Å². The maximum absolute atomic E-state index is 12.9. The molecule has 0 aromatic heterocycles. The first-order valence-electron chi connectivity index (χ1n) is 9.22. The molecular weight excluding hydrogens is 300 g/mol. The Kier molecular flexibility index (Phi) is 5.44. The molecule has 4 heteroatoms. The van der Waals surface area contributed by atoms with Gasteiger partial charge in [-0.1, -0.05) is 24.6 Å². The van der Waals surface area contributed by atoms with E-state index in [1.54, 1.807) is 7.11 Å². The van der Waals surface area contributed by atoms with Crippen LogP contribution in [0.5, 0.6) is 5.75 Å². The lowest BCUT2D eigenvalue weighted by molar-refractivity contribution is -0.137. The number of likely N-dealkylation sites (N-methyl/N-ethyl adjacent to an activating group) is 1. The first-order chi connectivity index (χ1) is 11.6. The molecular formula is C20H30N2O2. The van der Waals surface area contributed by atoms with Gasteiger partial charge >= 0.3 is 0 Å². The molecule has 2 saturated carbocycles. The van der Waals surface area contributed by atoms with E-state index in [1.807, 2.05) is 30.1 Å². The van der Waals surface area contributed by atoms with Gasteiger partial charge < -0.3 is 15.4 Å². The number of ether oxygens (including phenoxy) is 1. The Morgan fingerprint density at radius 1 is 1.25 bits per heavy atom. The lowest BCUT2D eigenvalue weighted by atomic mass is 9.65. The molecule has 2 N–H and O–H groups in total. The zero-order valence-corrected chi connectivity index (χ0v) is 14.9. The topological polar surface area (TPSA) is 55.6 Å². The molecule has 132 valence electrons. The summed E-state index contributed by atoms with van der Waals surface area (Å²) in [5, 5.41) is 0. The third-order valence-electron chi connectivity index (χ3n) is 6.05. The number of nitrogens with two attached hydrogens (primary N) is 1. The van der Waals surface area contributed by atoms with E-state index in [0.29, 0.717) is 23.8 Å². The van der Waals surface area contributed by atoms with Crippen molar-refractivity contribution in [3.8, 4) is 5.75 Å². The molecule has 3 rings (SSSR count). The Hall–Kier alpha value is -1.55. The second-order valence-electron chi connectivity index (χ2n) is 7.52. The largest absolute Gasteiger partial charge is 0.496 e. The fourth-order valence-corrected chi connectivity index (χ4v) is 4.61. The Morgan fingerprint density at radius 2 is 1.92 bits per heavy atom. The monoisotopic (exact) mass is 330 g/mol. The number of carbonyl (C=O) groups excluding carboxylic acids is 1. The zero-order chi connectivity index (χ0) is 17.1. The average Bonchev–Trinajstić information content (AvgIpc) is 2.59. The number of para-hydroxylation sites is 1. The number of hydrogen-bond acceptors (Lipinski definition) is 3. The molecule has 2 fully saturated rings. The highest BCUT2D eigenvalue weighted by Crippen LogP contribution is 2.42. The predicted molar refractivity (Wildman–Crippen MR) is 95.9 cm³/mol. The highest BCUT2D eigenvalue weighted by atomic mass is 16.5. The molecule has 2 aliphatic carbocycles. The standard InChI is InChI=1S/C20H30N2O2/c1-22(11-10-14-6-3-4-9-18(14)24-2)20(23)17-12-15-7-5-8-16(13-17)19(15)21/h3-4,6,9,15-17,19H,5,7-8,10-13,21H2,1-2H3. The van der Waals surface area contributed by atoms with Crippen LogP contribution in [0.25, 0.3) is 0 Å². The molecule has 2 atom stereocenters. The molecule has 0 radical (unpaired) electrons. The quantitative estimate of drug-likeness (QED) is 0.903. The summed E-state index contributed by atoms with van der Waals surface area (Å²) in [7, 11) is 3.62. The number of carbonyl (C=O) groups is 1. The van der Waals surface area contributed by atoms with Gasteiger partial charge in [0.05, 0.1) is 7.11 Å². The van der Waals surface area contributed by atoms with Crippen LogP contribution in [0.2, 0.25) is 0 Å². The first kappa shape index (κ1) is 17.3. The SMILES string of the molecule is COc1ccccc1CCN(C)C(=O)C1CC2CCCC(C1)C2N. The molecule has 1 amide bonds. The minimum atomic E-state index is 0.169. The van der Waals surface area contributed by atoms with Gasteiger partial charge in [-0.2, -0.15) is 0 Å². The van der Waals surface area contributed by atoms with Crippen molar-refractivity contribution in [1.29, 1.82) is 0 Å². The molecule has 0 heterocycles. The highest BCUT2D eigenvalue weighted by molar-refractivity contribution is 5.78. The van der Waals surface area contributed by atoms with Gasteiger partial charge in [0.15, 0.2) is 0 Å². The van der Waals surface area contributed by atoms with Crippen LogP contribution >= 0.6 is 0 Å². The minimum Gasteiger partial charge on any atom is -0.496 e. The van der Waals surface area contributed by atoms with Crippen molar-refractivity contribution in [2.75, 3.05) is 20.7 Å². The second-order valence-corrected chi connectivity index (χ2v) is 7.52. The fraction of sp³-hybridized carbons (Fsp3) is 0.650. The highest BCUT2D eigenvalue weighted by Gasteiger charge is 2.41. The third kappa shape index (κ3) is 3.59. The van der Waals surface area contributed by atoms with Crippen LogP contribution < -0.4 is 10.5 Å². The Bertz CT molecular complexity index is 561. The smallest absolute Gasteiger partial charge is 0.225 e. The van der Waals surface area contributed by atoms with Gasteiger partial charge in [0.25, 0.3) is 0 Å². The Labute approximate surface area is 145 Å². The van der Waals surface area contributed by atoms with Crippen molar-refractivity contribution in [2.45, 2.75) is 44.6 Å². The lowest BCUT2D eigenvalue weighted by Gasteiger charge is -2.44. The van der Waals surface area contributed by atoms with Gasteiger partial charge in [-0.3, -0.25) is 4.79 Å². The summed E-state index contributed by atoms with van der Waals surface area (Å²) in [4.78, 5) is 14.8. The van der Waals surface area contributed by atoms with E-state index in [2.05, 4.69) is 6.07 Å². The van der Waals surface area contributed by atoms with Crippen LogP contribution in [0.4, 0.5) is 0 Å². The van der Waals surface area contributed by atoms with Crippen molar-refractivity contribution in [3.05, 3.63) is 29.8 Å². The summed E-state index contributed by atoms with van der Waals surface area (Å²) < 4.78 is 5.40. The summed E-state index contributed by atoms with van der Waals surface area (Å²) in [5.74, 6) is 2.47. The third-order valence-corrected chi connectivity index (χ3v) is 6.05. The van der Waals surface area contributed by atoms with Crippen LogP contribution in [0.1, 0.15) is 37.7 Å². The number of nitrogens with zero attached hydrogens (tertiary/aromatic N) is 1. The van der Waals surface area contributed by atoms with E-state index in [9.17, 15) is 4.79 Å². The van der Waals surface area contributed by atoms with Crippen molar-refractivity contribution in [2.24, 2.45) is 23.5 Å². The van der Waals surface area contributed by atoms with Crippen molar-refractivity contribution < 1.29 is 9.53 Å². The summed E-state index contributed by atoms with van der Waals surface area (Å²) >= 11 is 0. The van der Waals surface area contributed by atoms with Crippen LogP contribution in [-0.4, -0.2) is 37.6 Å². The van der Waals surface area contributed by atoms with Gasteiger partial charge in [-0.25, -0.2) is 0 Å². The predicted octanol–water partition coefficient (Wildman–Crippen LogP) is 2.85. The molecule has 1 aromatic rings. The number of benzene rings is 1. The summed E-state index contributed by atoms with van der Waals surface area (Å²) in [5.41, 5.74) is 7.51. The number of hydrogen-bond donors (Lipinski definition) is 1. The van der Waals surface area contributed by atoms with Gasteiger partial charge in [-0.15, -0.1) is 0 Å². The number of rotatable bonds is 5. The van der Waals surface area contributed by atoms with Crippen LogP contribution in [0, 0.1) is 17.8 Å². The molecule has 0 aliphatic heterocycles. The van der Waals surface area contributed by atoms with Crippen molar-refractivity contribution in [1.82, 2.24) is 4.90 Å². The average molecular weight is 330 g/mol. The summed E-state index contributed by atoms with van der Waals surface area (Å²) in [6, 6.07) is 8.36. The Balaban J connectivity index is 1.57. The molecule has 2 bridgehead atoms. The molecule has 2 unspecified atom stereocenters. The molecule has 1 aromatic carbocycles. The van der Waals surface area contributed by atoms with Gasteiger partial charge in [0.1, 0.15) is 5.75 Å². The van der Waals surface area contributed by atoms with Crippen LogP contribution in [0.3, 0.4) is 0 Å². The molecule has 2 aliphatic rings. The molecule has 4 nitrogen and oxygen atoms in total. The first-order valence-corrected chi connectivity index (χ1v) is 9.22. The van der Waals surface area contributed by atoms with Gasteiger partial charge in [0, 0.05) is 25.6 Å². The maximum Gasteiger partial charge on any atom is 0.225 e. The zero-order valence-electron chi connectivity index (χ0n) is 14.9. The minimum absolute atomic E-state index is 0.169. The van der Waals surface area contributed by atoms with E-state index in [1.165, 1.54) is 19.3 Å². The van der Waals surface area contributed by atoms with Gasteiger partial charge in [-0.05, 0) is 55.6 Å².